The van der Waals surface area contributed by atoms with Crippen molar-refractivity contribution in [3.63, 3.8) is 0 Å². The molecule has 15 heteroatoms. The van der Waals surface area contributed by atoms with E-state index in [-0.39, 0.29) is 0 Å². The summed E-state index contributed by atoms with van der Waals surface area (Å²) >= 11 is 0. The van der Waals surface area contributed by atoms with Crippen LogP contribution in [0.5, 0.6) is 0 Å². The molecule has 0 aromatic heterocycles. The van der Waals surface area contributed by atoms with Crippen LogP contribution in [0.4, 0.5) is 0 Å². The quantitative estimate of drug-likeness (QED) is 0.0344. The van der Waals surface area contributed by atoms with Gasteiger partial charge in [0.05, 0.1) is 0 Å². The first kappa shape index (κ1) is 92.8. The standard InChI is InChI=1S/2C18H18.2C14H16.C10H14.5CH4O.5H2O2/c1-3-13(2)18-16-10-6-4-8-14(16)12-15-9-5-7-11-17(15)18;1-3-13(2)14-8-9-17-11-15-6-4-5-7-16(15)12-18(17)10-14;1-3-11(2)13-10-6-8-12-7-4-5-9-14(12)13;1-3-11(2)13-9-8-12-6-4-5-7-14(12)10-13;1-3-9(2)10-7-5-4-6-8-10;10*1-2/h2*4-13H,3H2,1-2H3;2*4-11H,3H2,1-2H3;4-9H,3H2,1-2H3;5*2H,1H3;5*1-2H. The molecule has 15 N–H and O–H groups in total. The lowest BCUT2D eigenvalue weighted by Gasteiger charge is -2.16. The third-order valence-corrected chi connectivity index (χ3v) is 15.7. The Kier molecular flexibility index (Phi) is 59.6. The first-order valence-electron chi connectivity index (χ1n) is 31.1. The highest BCUT2D eigenvalue weighted by atomic mass is 17.0. The lowest BCUT2D eigenvalue weighted by molar-refractivity contribution is -0.176. The van der Waals surface area contributed by atoms with Gasteiger partial charge in [0.15, 0.2) is 0 Å². The van der Waals surface area contributed by atoms with E-state index in [1.807, 2.05) is 0 Å². The highest BCUT2D eigenvalue weighted by Gasteiger charge is 2.13. The van der Waals surface area contributed by atoms with Gasteiger partial charge in [-0.15, -0.1) is 0 Å². The van der Waals surface area contributed by atoms with E-state index in [9.17, 15) is 0 Å². The fourth-order valence-electron chi connectivity index (χ4n) is 9.95. The molecule has 5 atom stereocenters. The van der Waals surface area contributed by atoms with Crippen LogP contribution in [0.1, 0.15) is 159 Å². The SMILES string of the molecule is CCC(C)c1c2ccccc2cc2ccccc12.CCC(C)c1ccc2cc3ccccc3cc2c1.CCC(C)c1ccc2ccccc2c1.CCC(C)c1cccc2ccccc12.CCC(C)c1ccccc1.CO.CO.CO.CO.CO.OO.OO.OO.OO.OO. The number of fused-ring (bicyclic) bond motifs is 6. The van der Waals surface area contributed by atoms with Crippen molar-refractivity contribution in [2.24, 2.45) is 0 Å². The van der Waals surface area contributed by atoms with Crippen molar-refractivity contribution < 1.29 is 78.1 Å². The Bertz CT molecular complexity index is 3460. The van der Waals surface area contributed by atoms with Crippen molar-refractivity contribution >= 4 is 64.6 Å². The number of benzene rings is 11. The van der Waals surface area contributed by atoms with Crippen LogP contribution in [0.25, 0.3) is 64.6 Å². The zero-order chi connectivity index (χ0) is 72.4. The van der Waals surface area contributed by atoms with E-state index in [2.05, 4.69) is 294 Å². The lowest BCUT2D eigenvalue weighted by Crippen LogP contribution is -1.95. The summed E-state index contributed by atoms with van der Waals surface area (Å²) in [5, 5.41) is 111. The molecular formula is C79H112O15. The summed E-state index contributed by atoms with van der Waals surface area (Å²) in [5.74, 6) is 3.27. The molecule has 518 valence electrons. The van der Waals surface area contributed by atoms with Gasteiger partial charge in [-0.05, 0) is 172 Å². The lowest BCUT2D eigenvalue weighted by atomic mass is 9.88. The van der Waals surface area contributed by atoms with Crippen LogP contribution in [0, 0.1) is 0 Å². The van der Waals surface area contributed by atoms with Gasteiger partial charge in [0.25, 0.3) is 0 Å². The van der Waals surface area contributed by atoms with E-state index in [1.165, 1.54) is 125 Å². The maximum atomic E-state index is 7.00. The zero-order valence-corrected chi connectivity index (χ0v) is 58.0. The minimum atomic E-state index is 0.598. The Morgan fingerprint density at radius 2 is 0.489 bits per heavy atom. The van der Waals surface area contributed by atoms with Crippen LogP contribution in [0.3, 0.4) is 0 Å². The average Bonchev–Trinajstić information content (AvgIpc) is 0.873. The fourth-order valence-corrected chi connectivity index (χ4v) is 9.95. The number of aliphatic hydroxyl groups is 5. The molecule has 0 fully saturated rings. The highest BCUT2D eigenvalue weighted by molar-refractivity contribution is 6.03. The third-order valence-electron chi connectivity index (χ3n) is 15.7. The topological polar surface area (TPSA) is 303 Å². The van der Waals surface area contributed by atoms with Gasteiger partial charge < -0.3 is 25.5 Å². The van der Waals surface area contributed by atoms with Gasteiger partial charge >= 0.3 is 0 Å². The van der Waals surface area contributed by atoms with E-state index >= 15 is 0 Å². The molecule has 0 spiro atoms. The minimum Gasteiger partial charge on any atom is -0.400 e. The summed E-state index contributed by atoms with van der Waals surface area (Å²) in [5.41, 5.74) is 7.33. The van der Waals surface area contributed by atoms with Gasteiger partial charge in [-0.25, -0.2) is 0 Å². The molecule has 0 bridgehead atoms. The van der Waals surface area contributed by atoms with Gasteiger partial charge in [0.1, 0.15) is 0 Å². The molecule has 0 aliphatic carbocycles. The molecule has 11 rings (SSSR count). The van der Waals surface area contributed by atoms with Crippen LogP contribution in [-0.2, 0) is 0 Å². The van der Waals surface area contributed by atoms with E-state index < -0.39 is 0 Å². The molecule has 0 saturated heterocycles. The fraction of sp³-hybridized carbons (Fsp3) is 0.316. The van der Waals surface area contributed by atoms with Gasteiger partial charge in [-0.2, -0.15) is 0 Å². The van der Waals surface area contributed by atoms with E-state index in [4.69, 9.17) is 78.1 Å². The van der Waals surface area contributed by atoms with Gasteiger partial charge in [0, 0.05) is 35.5 Å². The second-order valence-electron chi connectivity index (χ2n) is 20.7. The molecule has 0 heterocycles. The predicted octanol–water partition coefficient (Wildman–Crippen LogP) is 21.0. The monoisotopic (exact) mass is 1300 g/mol. The van der Waals surface area contributed by atoms with Crippen LogP contribution in [0.2, 0.25) is 0 Å². The number of aliphatic hydroxyl groups excluding tert-OH is 5. The number of hydrogen-bond donors (Lipinski definition) is 15. The van der Waals surface area contributed by atoms with Crippen LogP contribution in [0.15, 0.2) is 224 Å². The van der Waals surface area contributed by atoms with Gasteiger partial charge in [-0.3, -0.25) is 52.6 Å². The largest absolute Gasteiger partial charge is 0.400 e. The Balaban J connectivity index is -0.000000508. The van der Waals surface area contributed by atoms with Crippen LogP contribution < -0.4 is 0 Å². The summed E-state index contributed by atoms with van der Waals surface area (Å²) in [7, 11) is 5.00. The maximum absolute atomic E-state index is 7.00. The molecule has 94 heavy (non-hydrogen) atoms. The molecule has 0 aliphatic rings. The van der Waals surface area contributed by atoms with Crippen LogP contribution >= 0.6 is 0 Å². The number of hydrogen-bond acceptors (Lipinski definition) is 15. The molecule has 11 aromatic rings. The summed E-state index contributed by atoms with van der Waals surface area (Å²) in [6.45, 7) is 22.7. The van der Waals surface area contributed by atoms with Crippen molar-refractivity contribution in [2.75, 3.05) is 35.5 Å². The molecule has 5 unspecified atom stereocenters. The first-order chi connectivity index (χ1) is 46.1. The smallest absolute Gasteiger partial charge is 0.0319 e. The Morgan fingerprint density at radius 3 is 0.904 bits per heavy atom. The van der Waals surface area contributed by atoms with E-state index in [0.717, 1.165) is 35.5 Å². The molecule has 15 nitrogen and oxygen atoms in total. The van der Waals surface area contributed by atoms with Crippen molar-refractivity contribution in [3.05, 3.63) is 252 Å². The summed E-state index contributed by atoms with van der Waals surface area (Å²) in [6, 6.07) is 80.9. The summed E-state index contributed by atoms with van der Waals surface area (Å²) < 4.78 is 0. The second-order valence-corrected chi connectivity index (χ2v) is 20.7. The molecular weight excluding hydrogens is 1190 g/mol. The molecule has 0 radical (unpaired) electrons. The van der Waals surface area contributed by atoms with E-state index in [0.29, 0.717) is 29.6 Å². The number of rotatable bonds is 10. The van der Waals surface area contributed by atoms with Gasteiger partial charge in [0.2, 0.25) is 0 Å². The Hall–Kier alpha value is -7.62. The molecule has 11 aromatic carbocycles. The molecule has 0 saturated carbocycles. The third kappa shape index (κ3) is 31.1. The molecule has 0 aliphatic heterocycles. The first-order valence-corrected chi connectivity index (χ1v) is 31.1. The summed E-state index contributed by atoms with van der Waals surface area (Å²) in [6.07, 6.45) is 6.01. The Morgan fingerprint density at radius 1 is 0.213 bits per heavy atom. The van der Waals surface area contributed by atoms with Crippen molar-refractivity contribution in [3.8, 4) is 0 Å². The van der Waals surface area contributed by atoms with Crippen molar-refractivity contribution in [2.45, 2.75) is 131 Å². The van der Waals surface area contributed by atoms with E-state index in [1.54, 1.807) is 0 Å². The average molecular weight is 1300 g/mol. The van der Waals surface area contributed by atoms with Crippen LogP contribution in [-0.4, -0.2) is 114 Å². The maximum Gasteiger partial charge on any atom is 0.0319 e. The summed E-state index contributed by atoms with van der Waals surface area (Å²) in [4.78, 5) is 0. The Labute approximate surface area is 559 Å². The molecule has 0 amide bonds. The second kappa shape index (κ2) is 60.3. The van der Waals surface area contributed by atoms with Crippen molar-refractivity contribution in [1.82, 2.24) is 0 Å². The van der Waals surface area contributed by atoms with Crippen molar-refractivity contribution in [1.29, 1.82) is 0 Å². The highest BCUT2D eigenvalue weighted by Crippen LogP contribution is 2.35. The minimum absolute atomic E-state index is 0.598. The normalized spacial score (nSPS) is 10.9. The van der Waals surface area contributed by atoms with Gasteiger partial charge in [-0.1, -0.05) is 275 Å². The zero-order valence-electron chi connectivity index (χ0n) is 58.0. The predicted molar refractivity (Wildman–Crippen MR) is 398 cm³/mol.